The SMILES string of the molecule is CC(C=O)C1=C2C(C)(C)C3CCC2(C3)C(C)(C)CC1. The lowest BCUT2D eigenvalue weighted by molar-refractivity contribution is -0.110. The minimum Gasteiger partial charge on any atom is -0.303 e. The average molecular weight is 260 g/mol. The second-order valence-electron chi connectivity index (χ2n) is 8.45. The third kappa shape index (κ3) is 1.45. The first-order chi connectivity index (χ1) is 8.76. The van der Waals surface area contributed by atoms with Crippen LogP contribution in [0, 0.1) is 28.1 Å². The number of allylic oxidation sites excluding steroid dienone is 2. The number of rotatable bonds is 2. The fourth-order valence-electron chi connectivity index (χ4n) is 5.73. The smallest absolute Gasteiger partial charge is 0.126 e. The molecule has 0 radical (unpaired) electrons. The average Bonchev–Trinajstić information content (AvgIpc) is 2.86. The van der Waals surface area contributed by atoms with Gasteiger partial charge in [0.1, 0.15) is 6.29 Å². The number of hydrogen-bond acceptors (Lipinski definition) is 1. The van der Waals surface area contributed by atoms with Gasteiger partial charge in [0.05, 0.1) is 0 Å². The molecule has 19 heavy (non-hydrogen) atoms. The van der Waals surface area contributed by atoms with Crippen LogP contribution in [0.25, 0.3) is 0 Å². The van der Waals surface area contributed by atoms with E-state index in [1.807, 2.05) is 0 Å². The highest BCUT2D eigenvalue weighted by Crippen LogP contribution is 2.75. The molecule has 3 rings (SSSR count). The summed E-state index contributed by atoms with van der Waals surface area (Å²) in [6, 6.07) is 0. The van der Waals surface area contributed by atoms with Crippen LogP contribution in [-0.2, 0) is 4.79 Å². The van der Waals surface area contributed by atoms with Gasteiger partial charge >= 0.3 is 0 Å². The summed E-state index contributed by atoms with van der Waals surface area (Å²) in [5, 5.41) is 0. The van der Waals surface area contributed by atoms with E-state index in [2.05, 4.69) is 34.6 Å². The molecular formula is C18H28O. The summed E-state index contributed by atoms with van der Waals surface area (Å²) in [5.41, 5.74) is 4.35. The van der Waals surface area contributed by atoms with Gasteiger partial charge in [-0.05, 0) is 54.3 Å². The van der Waals surface area contributed by atoms with E-state index in [0.29, 0.717) is 16.2 Å². The van der Waals surface area contributed by atoms with Crippen LogP contribution in [0.4, 0.5) is 0 Å². The minimum atomic E-state index is 0.126. The molecule has 1 heteroatoms. The Balaban J connectivity index is 2.23. The highest BCUT2D eigenvalue weighted by molar-refractivity contribution is 5.60. The van der Waals surface area contributed by atoms with Crippen molar-refractivity contribution >= 4 is 6.29 Å². The summed E-state index contributed by atoms with van der Waals surface area (Å²) < 4.78 is 0. The van der Waals surface area contributed by atoms with E-state index in [4.69, 9.17) is 0 Å². The topological polar surface area (TPSA) is 17.1 Å². The summed E-state index contributed by atoms with van der Waals surface area (Å²) in [6.07, 6.45) is 7.68. The molecule has 0 amide bonds. The van der Waals surface area contributed by atoms with Crippen LogP contribution in [0.15, 0.2) is 11.1 Å². The highest BCUT2D eigenvalue weighted by Gasteiger charge is 2.65. The maximum absolute atomic E-state index is 11.3. The monoisotopic (exact) mass is 260 g/mol. The summed E-state index contributed by atoms with van der Waals surface area (Å²) in [4.78, 5) is 11.3. The Kier molecular flexibility index (Phi) is 2.64. The molecule has 3 aliphatic rings. The van der Waals surface area contributed by atoms with Crippen molar-refractivity contribution in [3.8, 4) is 0 Å². The molecule has 0 heterocycles. The Morgan fingerprint density at radius 2 is 1.89 bits per heavy atom. The zero-order chi connectivity index (χ0) is 14.1. The summed E-state index contributed by atoms with van der Waals surface area (Å²) >= 11 is 0. The van der Waals surface area contributed by atoms with Gasteiger partial charge in [0, 0.05) is 5.92 Å². The van der Waals surface area contributed by atoms with Crippen molar-refractivity contribution < 1.29 is 4.79 Å². The maximum Gasteiger partial charge on any atom is 0.126 e. The summed E-state index contributed by atoms with van der Waals surface area (Å²) in [6.45, 7) is 11.9. The second kappa shape index (κ2) is 3.74. The highest BCUT2D eigenvalue weighted by atomic mass is 16.1. The van der Waals surface area contributed by atoms with E-state index in [1.54, 1.807) is 5.57 Å². The molecule has 0 aliphatic heterocycles. The number of aldehydes is 1. The Morgan fingerprint density at radius 3 is 2.53 bits per heavy atom. The van der Waals surface area contributed by atoms with Crippen LogP contribution < -0.4 is 0 Å². The van der Waals surface area contributed by atoms with Gasteiger partial charge in [-0.15, -0.1) is 0 Å². The molecule has 3 atom stereocenters. The van der Waals surface area contributed by atoms with E-state index in [9.17, 15) is 4.79 Å². The van der Waals surface area contributed by atoms with Crippen LogP contribution in [0.3, 0.4) is 0 Å². The minimum absolute atomic E-state index is 0.126. The zero-order valence-corrected chi connectivity index (χ0v) is 13.2. The summed E-state index contributed by atoms with van der Waals surface area (Å²) in [7, 11) is 0. The van der Waals surface area contributed by atoms with Crippen LogP contribution in [0.1, 0.15) is 66.7 Å². The molecule has 106 valence electrons. The van der Waals surface area contributed by atoms with Gasteiger partial charge in [-0.25, -0.2) is 0 Å². The third-order valence-corrected chi connectivity index (χ3v) is 7.05. The van der Waals surface area contributed by atoms with Crippen molar-refractivity contribution in [3.05, 3.63) is 11.1 Å². The second-order valence-corrected chi connectivity index (χ2v) is 8.45. The Bertz CT molecular complexity index is 454. The standard InChI is InChI=1S/C18H28O/c1-12(11-19)14-7-8-16(2,3)18-9-6-13(10-18)17(4,5)15(14)18/h11-13H,6-10H2,1-5H3. The largest absolute Gasteiger partial charge is 0.303 e. The van der Waals surface area contributed by atoms with Gasteiger partial charge in [-0.3, -0.25) is 0 Å². The van der Waals surface area contributed by atoms with E-state index in [-0.39, 0.29) is 5.92 Å². The molecule has 0 saturated heterocycles. The van der Waals surface area contributed by atoms with Crippen LogP contribution in [0.5, 0.6) is 0 Å². The van der Waals surface area contributed by atoms with Crippen molar-refractivity contribution in [2.24, 2.45) is 28.1 Å². The van der Waals surface area contributed by atoms with E-state index >= 15 is 0 Å². The van der Waals surface area contributed by atoms with Crippen molar-refractivity contribution in [1.29, 1.82) is 0 Å². The van der Waals surface area contributed by atoms with Crippen LogP contribution in [-0.4, -0.2) is 6.29 Å². The first-order valence-electron chi connectivity index (χ1n) is 7.95. The number of fused-ring (bicyclic) bond motifs is 1. The third-order valence-electron chi connectivity index (χ3n) is 7.05. The molecule has 0 aromatic heterocycles. The molecule has 0 N–H and O–H groups in total. The molecule has 2 bridgehead atoms. The zero-order valence-electron chi connectivity index (χ0n) is 13.2. The molecule has 1 nitrogen and oxygen atoms in total. The van der Waals surface area contributed by atoms with E-state index in [0.717, 1.165) is 18.6 Å². The van der Waals surface area contributed by atoms with Crippen LogP contribution in [0.2, 0.25) is 0 Å². The molecule has 2 saturated carbocycles. The van der Waals surface area contributed by atoms with Gasteiger partial charge in [-0.2, -0.15) is 0 Å². The number of hydrogen-bond donors (Lipinski definition) is 0. The molecule has 0 aromatic carbocycles. The van der Waals surface area contributed by atoms with Crippen molar-refractivity contribution in [2.45, 2.75) is 66.7 Å². The Hall–Kier alpha value is -0.590. The van der Waals surface area contributed by atoms with Gasteiger partial charge in [0.2, 0.25) is 0 Å². The summed E-state index contributed by atoms with van der Waals surface area (Å²) in [5.74, 6) is 0.968. The first kappa shape index (κ1) is 13.4. The molecule has 3 unspecified atom stereocenters. The van der Waals surface area contributed by atoms with Crippen molar-refractivity contribution in [3.63, 3.8) is 0 Å². The quantitative estimate of drug-likeness (QED) is 0.516. The molecule has 2 fully saturated rings. The normalized spacial score (nSPS) is 40.2. The maximum atomic E-state index is 11.3. The lowest BCUT2D eigenvalue weighted by Crippen LogP contribution is -2.43. The number of carbonyl (C=O) groups excluding carboxylic acids is 1. The van der Waals surface area contributed by atoms with Gasteiger partial charge in [-0.1, -0.05) is 45.8 Å². The predicted molar refractivity (Wildman–Crippen MR) is 78.8 cm³/mol. The van der Waals surface area contributed by atoms with Gasteiger partial charge in [0.15, 0.2) is 0 Å². The fraction of sp³-hybridized carbons (Fsp3) is 0.833. The first-order valence-corrected chi connectivity index (χ1v) is 7.95. The van der Waals surface area contributed by atoms with Crippen molar-refractivity contribution in [1.82, 2.24) is 0 Å². The van der Waals surface area contributed by atoms with Gasteiger partial charge < -0.3 is 4.79 Å². The Labute approximate surface area is 117 Å². The molecule has 3 aliphatic carbocycles. The molecule has 1 spiro atoms. The number of carbonyl (C=O) groups is 1. The Morgan fingerprint density at radius 1 is 1.21 bits per heavy atom. The molecular weight excluding hydrogens is 232 g/mol. The van der Waals surface area contributed by atoms with Gasteiger partial charge in [0.25, 0.3) is 0 Å². The van der Waals surface area contributed by atoms with E-state index in [1.165, 1.54) is 31.3 Å². The predicted octanol–water partition coefficient (Wildman–Crippen LogP) is 4.76. The van der Waals surface area contributed by atoms with Crippen LogP contribution >= 0.6 is 0 Å². The fourth-order valence-corrected chi connectivity index (χ4v) is 5.73. The molecule has 0 aromatic rings. The van der Waals surface area contributed by atoms with E-state index < -0.39 is 0 Å². The van der Waals surface area contributed by atoms with Crippen molar-refractivity contribution in [2.75, 3.05) is 0 Å². The lowest BCUT2D eigenvalue weighted by Gasteiger charge is -2.53. The lowest BCUT2D eigenvalue weighted by atomic mass is 9.51.